The normalized spacial score (nSPS) is 13.5. The zero-order valence-electron chi connectivity index (χ0n) is 44.9. The van der Waals surface area contributed by atoms with Gasteiger partial charge in [0.1, 0.15) is 13.2 Å². The van der Waals surface area contributed by atoms with Crippen LogP contribution in [-0.2, 0) is 33.3 Å². The van der Waals surface area contributed by atoms with E-state index in [0.717, 1.165) is 70.6 Å². The summed E-state index contributed by atoms with van der Waals surface area (Å²) in [6.07, 6.45) is 63.6. The lowest BCUT2D eigenvalue weighted by atomic mass is 10.0. The zero-order chi connectivity index (χ0) is 50.6. The van der Waals surface area contributed by atoms with Crippen molar-refractivity contribution in [2.24, 2.45) is 0 Å². The van der Waals surface area contributed by atoms with Crippen molar-refractivity contribution in [3.63, 3.8) is 0 Å². The SMILES string of the molecule is CC/C=C\C/C=C\C/C=C\C/C=C\CCCCC(=O)OC(COC(=O)CCCCCCCCCCCCCCCC/C=C\C/C=C\C/C=C\CCCCCCC)COC(OCC[N+](C)(C)C)C(=O)[O-]. The van der Waals surface area contributed by atoms with Crippen LogP contribution < -0.4 is 5.11 Å². The first-order chi connectivity index (χ1) is 33.6. The molecule has 0 aliphatic rings. The van der Waals surface area contributed by atoms with E-state index in [-0.39, 0.29) is 38.6 Å². The molecule has 69 heavy (non-hydrogen) atoms. The molecule has 0 rings (SSSR count). The molecule has 0 aromatic heterocycles. The first-order valence-electron chi connectivity index (χ1n) is 27.7. The summed E-state index contributed by atoms with van der Waals surface area (Å²) >= 11 is 0. The minimum atomic E-state index is -1.64. The number of allylic oxidation sites excluding steroid dienone is 14. The Morgan fingerprint density at radius 3 is 1.26 bits per heavy atom. The number of carbonyl (C=O) groups is 3. The third kappa shape index (κ3) is 52.1. The predicted octanol–water partition coefficient (Wildman–Crippen LogP) is 14.7. The van der Waals surface area contributed by atoms with Crippen LogP contribution in [0.1, 0.15) is 219 Å². The number of unbranched alkanes of at least 4 members (excludes halogenated alkanes) is 21. The number of carboxylic acid groups (broad SMARTS) is 1. The van der Waals surface area contributed by atoms with Gasteiger partial charge < -0.3 is 33.3 Å². The van der Waals surface area contributed by atoms with Crippen LogP contribution in [0, 0.1) is 0 Å². The van der Waals surface area contributed by atoms with E-state index in [4.69, 9.17) is 18.9 Å². The Bertz CT molecular complexity index is 1400. The van der Waals surface area contributed by atoms with Gasteiger partial charge in [0.25, 0.3) is 0 Å². The monoisotopic (exact) mass is 966 g/mol. The predicted molar refractivity (Wildman–Crippen MR) is 288 cm³/mol. The maximum absolute atomic E-state index is 12.8. The lowest BCUT2D eigenvalue weighted by Gasteiger charge is -2.26. The van der Waals surface area contributed by atoms with Crippen LogP contribution in [0.2, 0.25) is 0 Å². The third-order valence-corrected chi connectivity index (χ3v) is 11.6. The van der Waals surface area contributed by atoms with Gasteiger partial charge >= 0.3 is 11.9 Å². The summed E-state index contributed by atoms with van der Waals surface area (Å²) in [7, 11) is 5.90. The molecule has 0 fully saturated rings. The lowest BCUT2D eigenvalue weighted by Crippen LogP contribution is -2.44. The van der Waals surface area contributed by atoms with Gasteiger partial charge in [-0.15, -0.1) is 0 Å². The van der Waals surface area contributed by atoms with Crippen LogP contribution in [-0.4, -0.2) is 82.3 Å². The Balaban J connectivity index is 4.22. The summed E-state index contributed by atoms with van der Waals surface area (Å²) in [5.74, 6) is -2.35. The molecule has 0 spiro atoms. The smallest absolute Gasteiger partial charge is 0.306 e. The first kappa shape index (κ1) is 65.5. The van der Waals surface area contributed by atoms with Gasteiger partial charge in [0, 0.05) is 12.8 Å². The number of esters is 2. The number of quaternary nitrogens is 1. The number of aliphatic carboxylic acids is 1. The van der Waals surface area contributed by atoms with Gasteiger partial charge in [-0.2, -0.15) is 0 Å². The molecule has 0 radical (unpaired) electrons. The quantitative estimate of drug-likeness (QED) is 0.0195. The van der Waals surface area contributed by atoms with Crippen molar-refractivity contribution in [3.8, 4) is 0 Å². The van der Waals surface area contributed by atoms with E-state index in [1.807, 2.05) is 21.1 Å². The summed E-state index contributed by atoms with van der Waals surface area (Å²) in [5.41, 5.74) is 0. The number of carboxylic acids is 1. The minimum Gasteiger partial charge on any atom is -0.545 e. The van der Waals surface area contributed by atoms with Crippen LogP contribution in [0.5, 0.6) is 0 Å². The van der Waals surface area contributed by atoms with Gasteiger partial charge in [0.05, 0.1) is 40.3 Å². The molecule has 0 saturated heterocycles. The molecule has 0 heterocycles. The number of nitrogens with zero attached hydrogens (tertiary/aromatic N) is 1. The lowest BCUT2D eigenvalue weighted by molar-refractivity contribution is -0.870. The summed E-state index contributed by atoms with van der Waals surface area (Å²) in [5, 5.41) is 11.7. The van der Waals surface area contributed by atoms with Crippen molar-refractivity contribution < 1.29 is 42.9 Å². The van der Waals surface area contributed by atoms with E-state index in [1.165, 1.54) is 116 Å². The molecule has 0 aromatic rings. The highest BCUT2D eigenvalue weighted by molar-refractivity contribution is 5.70. The van der Waals surface area contributed by atoms with E-state index in [1.54, 1.807) is 0 Å². The maximum atomic E-state index is 12.8. The van der Waals surface area contributed by atoms with Gasteiger partial charge in [0.2, 0.25) is 0 Å². The topological polar surface area (TPSA) is 111 Å². The maximum Gasteiger partial charge on any atom is 0.306 e. The Kier molecular flexibility index (Phi) is 48.2. The molecule has 9 heteroatoms. The molecule has 396 valence electrons. The fourth-order valence-corrected chi connectivity index (χ4v) is 7.36. The molecule has 0 aromatic carbocycles. The molecule has 0 aliphatic carbocycles. The number of carbonyl (C=O) groups excluding carboxylic acids is 3. The Labute approximate surface area is 423 Å². The molecular weight excluding hydrogens is 863 g/mol. The molecule has 2 unspecified atom stereocenters. The minimum absolute atomic E-state index is 0.136. The van der Waals surface area contributed by atoms with Gasteiger partial charge in [-0.05, 0) is 89.9 Å². The van der Waals surface area contributed by atoms with Gasteiger partial charge in [-0.25, -0.2) is 0 Å². The molecule has 0 amide bonds. The zero-order valence-corrected chi connectivity index (χ0v) is 44.9. The van der Waals surface area contributed by atoms with E-state index < -0.39 is 24.3 Å². The number of likely N-dealkylation sites (N-methyl/N-ethyl adjacent to an activating group) is 1. The summed E-state index contributed by atoms with van der Waals surface area (Å²) in [6, 6.07) is 0. The van der Waals surface area contributed by atoms with Crippen LogP contribution in [0.3, 0.4) is 0 Å². The molecule has 0 N–H and O–H groups in total. The third-order valence-electron chi connectivity index (χ3n) is 11.6. The summed E-state index contributed by atoms with van der Waals surface area (Å²) in [6.45, 7) is 4.56. The van der Waals surface area contributed by atoms with E-state index in [2.05, 4.69) is 98.9 Å². The molecule has 9 nitrogen and oxygen atoms in total. The largest absolute Gasteiger partial charge is 0.545 e. The van der Waals surface area contributed by atoms with Gasteiger partial charge in [0.15, 0.2) is 12.4 Å². The van der Waals surface area contributed by atoms with E-state index in [9.17, 15) is 19.5 Å². The summed E-state index contributed by atoms with van der Waals surface area (Å²) < 4.78 is 22.6. The highest BCUT2D eigenvalue weighted by Gasteiger charge is 2.22. The van der Waals surface area contributed by atoms with Crippen molar-refractivity contribution in [1.29, 1.82) is 0 Å². The van der Waals surface area contributed by atoms with E-state index in [0.29, 0.717) is 17.4 Å². The van der Waals surface area contributed by atoms with Crippen molar-refractivity contribution in [1.82, 2.24) is 0 Å². The number of hydrogen-bond acceptors (Lipinski definition) is 8. The van der Waals surface area contributed by atoms with Crippen molar-refractivity contribution >= 4 is 17.9 Å². The summed E-state index contributed by atoms with van der Waals surface area (Å²) in [4.78, 5) is 37.2. The molecule has 0 saturated carbocycles. The van der Waals surface area contributed by atoms with Crippen molar-refractivity contribution in [3.05, 3.63) is 85.1 Å². The molecule has 2 atom stereocenters. The average molecular weight is 966 g/mol. The van der Waals surface area contributed by atoms with Crippen molar-refractivity contribution in [2.45, 2.75) is 232 Å². The number of ether oxygens (including phenoxy) is 4. The molecule has 0 aliphatic heterocycles. The standard InChI is InChI=1S/C60H103NO8/c1-6-8-10-12-14-16-18-20-22-23-24-25-26-27-28-29-30-31-32-33-34-35-37-38-40-42-44-46-48-50-57(62)67-54-56(55-68-60(59(64)65)66-53-52-61(3,4)5)69-58(63)51-49-47-45-43-41-39-36-21-19-17-15-13-11-9-7-2/h9,11,15,17-18,20-21,23-24,26-27,36,41,43,56,60H,6-8,10,12-14,16,19,22,25,28-35,37-40,42,44-55H2,1-5H3/b11-9-,17-15-,20-18-,24-23-,27-26-,36-21-,43-41-. The van der Waals surface area contributed by atoms with Crippen LogP contribution in [0.15, 0.2) is 85.1 Å². The number of rotatable bonds is 50. The first-order valence-corrected chi connectivity index (χ1v) is 27.7. The fourth-order valence-electron chi connectivity index (χ4n) is 7.36. The number of hydrogen-bond donors (Lipinski definition) is 0. The second-order valence-corrected chi connectivity index (χ2v) is 19.5. The highest BCUT2D eigenvalue weighted by atomic mass is 16.7. The van der Waals surface area contributed by atoms with Gasteiger partial charge in [-0.1, -0.05) is 202 Å². The Morgan fingerprint density at radius 1 is 0.449 bits per heavy atom. The Morgan fingerprint density at radius 2 is 0.826 bits per heavy atom. The van der Waals surface area contributed by atoms with Gasteiger partial charge in [-0.3, -0.25) is 9.59 Å². The molecular formula is C60H103NO8. The second-order valence-electron chi connectivity index (χ2n) is 19.5. The fraction of sp³-hybridized carbons (Fsp3) is 0.717. The second kappa shape index (κ2) is 50.8. The van der Waals surface area contributed by atoms with Crippen LogP contribution in [0.4, 0.5) is 0 Å². The van der Waals surface area contributed by atoms with Crippen LogP contribution >= 0.6 is 0 Å². The highest BCUT2D eigenvalue weighted by Crippen LogP contribution is 2.15. The average Bonchev–Trinajstić information content (AvgIpc) is 3.31. The van der Waals surface area contributed by atoms with Crippen molar-refractivity contribution in [2.75, 3.05) is 47.5 Å². The van der Waals surface area contributed by atoms with Crippen LogP contribution in [0.25, 0.3) is 0 Å². The Hall–Kier alpha value is -3.53. The van der Waals surface area contributed by atoms with E-state index >= 15 is 0 Å². The molecule has 0 bridgehead atoms.